The molecule has 3 N–H and O–H groups in total. The maximum absolute atomic E-state index is 11.9. The van der Waals surface area contributed by atoms with E-state index < -0.39 is 5.97 Å². The number of nitrogen functional groups attached to an aromatic ring is 1. The Kier molecular flexibility index (Phi) is 5.19. The van der Waals surface area contributed by atoms with Gasteiger partial charge in [-0.05, 0) is 44.4 Å². The van der Waals surface area contributed by atoms with Gasteiger partial charge in [-0.2, -0.15) is 4.37 Å². The molecule has 1 aliphatic rings. The number of hydrogen-bond donors (Lipinski definition) is 2. The van der Waals surface area contributed by atoms with E-state index in [0.29, 0.717) is 18.2 Å². The molecule has 20 heavy (non-hydrogen) atoms. The van der Waals surface area contributed by atoms with E-state index in [1.165, 1.54) is 11.5 Å². The lowest BCUT2D eigenvalue weighted by Gasteiger charge is -2.32. The number of anilines is 2. The maximum Gasteiger partial charge on any atom is 0.344 e. The van der Waals surface area contributed by atoms with Gasteiger partial charge in [0.05, 0.1) is 6.61 Å². The average molecular weight is 298 g/mol. The van der Waals surface area contributed by atoms with Gasteiger partial charge in [0, 0.05) is 12.6 Å². The van der Waals surface area contributed by atoms with Gasteiger partial charge in [-0.25, -0.2) is 4.79 Å². The van der Waals surface area contributed by atoms with Crippen molar-refractivity contribution in [2.24, 2.45) is 0 Å². The van der Waals surface area contributed by atoms with Crippen LogP contribution in [0.25, 0.3) is 0 Å². The molecule has 1 aromatic rings. The number of nitrogens with zero attached hydrogens (tertiary/aromatic N) is 2. The highest BCUT2D eigenvalue weighted by Crippen LogP contribution is 2.29. The molecule has 1 fully saturated rings. The minimum absolute atomic E-state index is 0.249. The molecule has 0 aromatic carbocycles. The number of ether oxygens (including phenoxy) is 1. The van der Waals surface area contributed by atoms with Crippen LogP contribution in [-0.2, 0) is 4.74 Å². The predicted octanol–water partition coefficient (Wildman–Crippen LogP) is 1.80. The lowest BCUT2D eigenvalue weighted by molar-refractivity contribution is 0.0529. The van der Waals surface area contributed by atoms with E-state index in [-0.39, 0.29) is 5.82 Å². The van der Waals surface area contributed by atoms with Crippen molar-refractivity contribution in [2.75, 3.05) is 37.3 Å². The molecule has 1 aliphatic heterocycles. The topological polar surface area (TPSA) is 80.5 Å². The van der Waals surface area contributed by atoms with E-state index in [1.54, 1.807) is 6.92 Å². The molecule has 0 amide bonds. The largest absolute Gasteiger partial charge is 0.462 e. The standard InChI is InChI=1S/C13H22N4O2S/c1-3-17-7-5-6-9(8-17)15-12-10(11(14)16-20-12)13(18)19-4-2/h9,15H,3-8H2,1-2H3,(H2,14,16). The molecule has 1 saturated heterocycles. The first kappa shape index (κ1) is 15.1. The van der Waals surface area contributed by atoms with Crippen LogP contribution in [0, 0.1) is 0 Å². The van der Waals surface area contributed by atoms with Gasteiger partial charge in [0.2, 0.25) is 0 Å². The highest BCUT2D eigenvalue weighted by Gasteiger charge is 2.24. The minimum Gasteiger partial charge on any atom is -0.462 e. The van der Waals surface area contributed by atoms with Crippen LogP contribution in [0.2, 0.25) is 0 Å². The minimum atomic E-state index is -0.399. The highest BCUT2D eigenvalue weighted by atomic mass is 32.1. The second kappa shape index (κ2) is 6.90. The van der Waals surface area contributed by atoms with Crippen LogP contribution in [0.5, 0.6) is 0 Å². The third-order valence-corrected chi connectivity index (χ3v) is 4.28. The van der Waals surface area contributed by atoms with Crippen LogP contribution in [0.1, 0.15) is 37.0 Å². The Labute approximate surface area is 123 Å². The van der Waals surface area contributed by atoms with Crippen LogP contribution in [0.3, 0.4) is 0 Å². The summed E-state index contributed by atoms with van der Waals surface area (Å²) in [5.74, 6) is -0.150. The zero-order chi connectivity index (χ0) is 14.5. The molecule has 0 aliphatic carbocycles. The molecule has 0 saturated carbocycles. The van der Waals surface area contributed by atoms with Crippen molar-refractivity contribution >= 4 is 28.3 Å². The number of likely N-dealkylation sites (tertiary alicyclic amines) is 1. The molecule has 0 radical (unpaired) electrons. The van der Waals surface area contributed by atoms with E-state index >= 15 is 0 Å². The fourth-order valence-electron chi connectivity index (χ4n) is 2.45. The molecule has 1 unspecified atom stereocenters. The predicted molar refractivity (Wildman–Crippen MR) is 81.2 cm³/mol. The van der Waals surface area contributed by atoms with Crippen LogP contribution >= 0.6 is 11.5 Å². The summed E-state index contributed by atoms with van der Waals surface area (Å²) in [4.78, 5) is 14.3. The Morgan fingerprint density at radius 2 is 2.40 bits per heavy atom. The average Bonchev–Trinajstić information content (AvgIpc) is 2.80. The zero-order valence-electron chi connectivity index (χ0n) is 12.0. The summed E-state index contributed by atoms with van der Waals surface area (Å²) in [5, 5.41) is 4.13. The van der Waals surface area contributed by atoms with E-state index in [4.69, 9.17) is 10.5 Å². The van der Waals surface area contributed by atoms with Gasteiger partial charge < -0.3 is 20.7 Å². The molecule has 1 aromatic heterocycles. The summed E-state index contributed by atoms with van der Waals surface area (Å²) in [6, 6.07) is 0.330. The molecule has 7 heteroatoms. The number of aromatic nitrogens is 1. The molecule has 6 nitrogen and oxygen atoms in total. The third-order valence-electron chi connectivity index (χ3n) is 3.49. The summed E-state index contributed by atoms with van der Waals surface area (Å²) in [5.41, 5.74) is 6.16. The van der Waals surface area contributed by atoms with Crippen molar-refractivity contribution in [1.29, 1.82) is 0 Å². The number of rotatable bonds is 5. The van der Waals surface area contributed by atoms with Crippen LogP contribution in [-0.4, -0.2) is 47.5 Å². The third kappa shape index (κ3) is 3.40. The SMILES string of the molecule is CCOC(=O)c1c(N)nsc1NC1CCCN(CC)C1. The Bertz CT molecular complexity index is 463. The van der Waals surface area contributed by atoms with Gasteiger partial charge in [-0.15, -0.1) is 0 Å². The van der Waals surface area contributed by atoms with Crippen molar-refractivity contribution in [2.45, 2.75) is 32.7 Å². The van der Waals surface area contributed by atoms with E-state index in [0.717, 1.165) is 37.5 Å². The van der Waals surface area contributed by atoms with Crippen LogP contribution in [0.15, 0.2) is 0 Å². The first-order valence-electron chi connectivity index (χ1n) is 7.06. The van der Waals surface area contributed by atoms with Crippen LogP contribution < -0.4 is 11.1 Å². The summed E-state index contributed by atoms with van der Waals surface area (Å²) >= 11 is 1.23. The van der Waals surface area contributed by atoms with Crippen molar-refractivity contribution in [1.82, 2.24) is 9.27 Å². The highest BCUT2D eigenvalue weighted by molar-refractivity contribution is 7.11. The molecule has 2 rings (SSSR count). The number of nitrogens with one attached hydrogen (secondary N) is 1. The van der Waals surface area contributed by atoms with E-state index in [9.17, 15) is 4.79 Å². The number of nitrogens with two attached hydrogens (primary N) is 1. The molecule has 112 valence electrons. The number of esters is 1. The number of piperidine rings is 1. The quantitative estimate of drug-likeness (QED) is 0.807. The van der Waals surface area contributed by atoms with E-state index in [2.05, 4.69) is 21.5 Å². The molecule has 0 bridgehead atoms. The van der Waals surface area contributed by atoms with Gasteiger partial charge in [0.15, 0.2) is 5.82 Å². The van der Waals surface area contributed by atoms with Crippen LogP contribution in [0.4, 0.5) is 10.8 Å². The number of carbonyl (C=O) groups is 1. The maximum atomic E-state index is 11.9. The normalized spacial score (nSPS) is 19.8. The number of carbonyl (C=O) groups excluding carboxylic acids is 1. The first-order valence-corrected chi connectivity index (χ1v) is 7.84. The van der Waals surface area contributed by atoms with Gasteiger partial charge in [0.1, 0.15) is 10.6 Å². The smallest absolute Gasteiger partial charge is 0.344 e. The Hall–Kier alpha value is -1.34. The van der Waals surface area contributed by atoms with Gasteiger partial charge in [-0.3, -0.25) is 0 Å². The van der Waals surface area contributed by atoms with Crippen molar-refractivity contribution < 1.29 is 9.53 Å². The van der Waals surface area contributed by atoms with Crippen molar-refractivity contribution in [3.63, 3.8) is 0 Å². The fraction of sp³-hybridized carbons (Fsp3) is 0.692. The monoisotopic (exact) mass is 298 g/mol. The molecule has 1 atom stereocenters. The molecule has 2 heterocycles. The lowest BCUT2D eigenvalue weighted by Crippen LogP contribution is -2.41. The molecular formula is C13H22N4O2S. The fourth-order valence-corrected chi connectivity index (χ4v) is 3.23. The second-order valence-corrected chi connectivity index (χ2v) is 5.64. The zero-order valence-corrected chi connectivity index (χ0v) is 12.8. The summed E-state index contributed by atoms with van der Waals surface area (Å²) in [6.45, 7) is 7.45. The Morgan fingerprint density at radius 1 is 1.60 bits per heavy atom. The number of hydrogen-bond acceptors (Lipinski definition) is 7. The van der Waals surface area contributed by atoms with Crippen molar-refractivity contribution in [3.05, 3.63) is 5.56 Å². The Morgan fingerprint density at radius 3 is 3.10 bits per heavy atom. The van der Waals surface area contributed by atoms with E-state index in [1.807, 2.05) is 0 Å². The summed E-state index contributed by atoms with van der Waals surface area (Å²) < 4.78 is 9.10. The molecule has 0 spiro atoms. The van der Waals surface area contributed by atoms with Crippen molar-refractivity contribution in [3.8, 4) is 0 Å². The summed E-state index contributed by atoms with van der Waals surface area (Å²) in [7, 11) is 0. The van der Waals surface area contributed by atoms with Gasteiger partial charge in [-0.1, -0.05) is 6.92 Å². The second-order valence-electron chi connectivity index (χ2n) is 4.87. The lowest BCUT2D eigenvalue weighted by atomic mass is 10.1. The summed E-state index contributed by atoms with van der Waals surface area (Å²) in [6.07, 6.45) is 2.26. The molecular weight excluding hydrogens is 276 g/mol. The Balaban J connectivity index is 2.07. The van der Waals surface area contributed by atoms with Gasteiger partial charge in [0.25, 0.3) is 0 Å². The van der Waals surface area contributed by atoms with Gasteiger partial charge >= 0.3 is 5.97 Å². The first-order chi connectivity index (χ1) is 9.65. The number of likely N-dealkylation sites (N-methyl/N-ethyl adjacent to an activating group) is 1.